The highest BCUT2D eigenvalue weighted by atomic mass is 32.1. The Kier molecular flexibility index (Phi) is 4.72. The van der Waals surface area contributed by atoms with Gasteiger partial charge in [0, 0.05) is 22.3 Å². The molecule has 0 aliphatic heterocycles. The Hall–Kier alpha value is -2.61. The van der Waals surface area contributed by atoms with E-state index in [2.05, 4.69) is 15.6 Å². The molecule has 5 N–H and O–H groups in total. The molecule has 0 spiro atoms. The first kappa shape index (κ1) is 14.8. The molecule has 0 bridgehead atoms. The van der Waals surface area contributed by atoms with Crippen LogP contribution in [0.1, 0.15) is 16.1 Å². The summed E-state index contributed by atoms with van der Waals surface area (Å²) in [5.41, 5.74) is 7.15. The Balaban J connectivity index is 1.77. The van der Waals surface area contributed by atoms with Crippen molar-refractivity contribution in [3.05, 3.63) is 50.6 Å². The predicted octanol–water partition coefficient (Wildman–Crippen LogP) is 0.0648. The van der Waals surface area contributed by atoms with Gasteiger partial charge in [0.15, 0.2) is 0 Å². The number of anilines is 1. The van der Waals surface area contributed by atoms with Gasteiger partial charge in [0.1, 0.15) is 0 Å². The molecule has 21 heavy (non-hydrogen) atoms. The summed E-state index contributed by atoms with van der Waals surface area (Å²) < 4.78 is 0. The Bertz CT molecular complexity index is 690. The average molecular weight is 306 g/mol. The summed E-state index contributed by atoms with van der Waals surface area (Å²) in [5.74, 6) is -0.695. The summed E-state index contributed by atoms with van der Waals surface area (Å²) in [6.07, 6.45) is 0. The zero-order chi connectivity index (χ0) is 15.2. The summed E-state index contributed by atoms with van der Waals surface area (Å²) in [5, 5.41) is 6.72. The number of nitrogens with two attached hydrogens (primary N) is 1. The molecular weight excluding hydrogens is 292 g/mol. The lowest BCUT2D eigenvalue weighted by Gasteiger charge is -2.06. The van der Waals surface area contributed by atoms with E-state index in [1.54, 1.807) is 29.6 Å². The van der Waals surface area contributed by atoms with E-state index in [1.165, 1.54) is 0 Å². The maximum Gasteiger partial charge on any atom is 0.304 e. The summed E-state index contributed by atoms with van der Waals surface area (Å²) in [7, 11) is 0. The number of hydrogen-bond acceptors (Lipinski definition) is 5. The molecule has 0 unspecified atom stereocenters. The summed E-state index contributed by atoms with van der Waals surface area (Å²) in [6.45, 7) is 0.0763. The number of carbonyl (C=O) groups excluding carboxylic acids is 2. The molecule has 110 valence electrons. The molecule has 0 aliphatic rings. The fraction of sp³-hybridized carbons (Fsp3) is 0.154. The van der Waals surface area contributed by atoms with E-state index in [4.69, 9.17) is 5.73 Å². The minimum Gasteiger partial charge on any atom is -0.399 e. The number of carbonyl (C=O) groups is 2. The van der Waals surface area contributed by atoms with Crippen LogP contribution in [0.15, 0.2) is 34.4 Å². The van der Waals surface area contributed by atoms with Crippen molar-refractivity contribution in [3.63, 3.8) is 0 Å². The number of benzene rings is 1. The van der Waals surface area contributed by atoms with Crippen molar-refractivity contribution in [2.24, 2.45) is 0 Å². The Morgan fingerprint density at radius 2 is 1.90 bits per heavy atom. The molecule has 1 aromatic carbocycles. The van der Waals surface area contributed by atoms with Gasteiger partial charge in [-0.15, -0.1) is 0 Å². The van der Waals surface area contributed by atoms with Crippen LogP contribution in [0.2, 0.25) is 0 Å². The van der Waals surface area contributed by atoms with Gasteiger partial charge in [-0.1, -0.05) is 11.3 Å². The third-order valence-corrected chi connectivity index (χ3v) is 3.35. The molecule has 1 heterocycles. The third kappa shape index (κ3) is 4.46. The molecule has 0 fully saturated rings. The van der Waals surface area contributed by atoms with Gasteiger partial charge in [-0.3, -0.25) is 14.4 Å². The lowest BCUT2D eigenvalue weighted by molar-refractivity contribution is -0.120. The van der Waals surface area contributed by atoms with Crippen molar-refractivity contribution in [3.8, 4) is 0 Å². The van der Waals surface area contributed by atoms with Crippen molar-refractivity contribution in [1.29, 1.82) is 0 Å². The first-order chi connectivity index (χ1) is 10.0. The maximum atomic E-state index is 11.8. The Labute approximate surface area is 124 Å². The van der Waals surface area contributed by atoms with Crippen LogP contribution >= 0.6 is 11.3 Å². The number of nitrogens with one attached hydrogen (secondary N) is 3. The Morgan fingerprint density at radius 3 is 2.52 bits per heavy atom. The first-order valence-corrected chi connectivity index (χ1v) is 6.99. The second-order valence-corrected chi connectivity index (χ2v) is 5.10. The quantitative estimate of drug-likeness (QED) is 0.584. The summed E-state index contributed by atoms with van der Waals surface area (Å²) in [4.78, 5) is 36.7. The number of thiazole rings is 1. The molecule has 0 saturated carbocycles. The van der Waals surface area contributed by atoms with Crippen LogP contribution in [0, 0.1) is 0 Å². The zero-order valence-electron chi connectivity index (χ0n) is 11.0. The minimum atomic E-state index is -0.353. The SMILES string of the molecule is Nc1ccc(C(=O)NCC(=O)NCc2csc(=O)[nH]2)cc1. The van der Waals surface area contributed by atoms with E-state index in [0.29, 0.717) is 16.9 Å². The molecule has 1 aromatic heterocycles. The minimum absolute atomic E-state index is 0.141. The maximum absolute atomic E-state index is 11.8. The molecule has 0 aliphatic carbocycles. The van der Waals surface area contributed by atoms with Crippen molar-refractivity contribution < 1.29 is 9.59 Å². The van der Waals surface area contributed by atoms with Crippen LogP contribution in [0.5, 0.6) is 0 Å². The van der Waals surface area contributed by atoms with Gasteiger partial charge in [-0.05, 0) is 24.3 Å². The van der Waals surface area contributed by atoms with Crippen LogP contribution in [-0.4, -0.2) is 23.3 Å². The van der Waals surface area contributed by atoms with E-state index in [-0.39, 0.29) is 29.8 Å². The molecule has 2 aromatic rings. The number of nitrogen functional groups attached to an aromatic ring is 1. The van der Waals surface area contributed by atoms with Crippen LogP contribution < -0.4 is 21.2 Å². The molecule has 7 nitrogen and oxygen atoms in total. The van der Waals surface area contributed by atoms with Crippen molar-refractivity contribution >= 4 is 28.8 Å². The molecule has 0 atom stereocenters. The first-order valence-electron chi connectivity index (χ1n) is 6.12. The monoisotopic (exact) mass is 306 g/mol. The van der Waals surface area contributed by atoms with Crippen LogP contribution in [0.25, 0.3) is 0 Å². The zero-order valence-corrected chi connectivity index (χ0v) is 11.8. The third-order valence-electron chi connectivity index (χ3n) is 2.63. The van der Waals surface area contributed by atoms with Gasteiger partial charge in [-0.25, -0.2) is 0 Å². The number of aromatic amines is 1. The van der Waals surface area contributed by atoms with Gasteiger partial charge < -0.3 is 21.4 Å². The molecular formula is C13H14N4O3S. The van der Waals surface area contributed by atoms with Gasteiger partial charge in [0.2, 0.25) is 5.91 Å². The van der Waals surface area contributed by atoms with Crippen LogP contribution in [0.4, 0.5) is 5.69 Å². The summed E-state index contributed by atoms with van der Waals surface area (Å²) in [6, 6.07) is 6.39. The lowest BCUT2D eigenvalue weighted by atomic mass is 10.2. The van der Waals surface area contributed by atoms with Crippen molar-refractivity contribution in [2.45, 2.75) is 6.54 Å². The number of aromatic nitrogens is 1. The number of H-pyrrole nitrogens is 1. The lowest BCUT2D eigenvalue weighted by Crippen LogP contribution is -2.36. The van der Waals surface area contributed by atoms with Gasteiger partial charge in [0.05, 0.1) is 13.1 Å². The van der Waals surface area contributed by atoms with E-state index in [0.717, 1.165) is 11.3 Å². The highest BCUT2D eigenvalue weighted by Gasteiger charge is 2.08. The van der Waals surface area contributed by atoms with E-state index in [9.17, 15) is 14.4 Å². The molecule has 0 saturated heterocycles. The predicted molar refractivity (Wildman–Crippen MR) is 80.0 cm³/mol. The van der Waals surface area contributed by atoms with Crippen molar-refractivity contribution in [1.82, 2.24) is 15.6 Å². The topological polar surface area (TPSA) is 117 Å². The fourth-order valence-electron chi connectivity index (χ4n) is 1.55. The molecule has 0 radical (unpaired) electrons. The van der Waals surface area contributed by atoms with Crippen LogP contribution in [0.3, 0.4) is 0 Å². The fourth-order valence-corrected chi connectivity index (χ4v) is 2.14. The van der Waals surface area contributed by atoms with Gasteiger partial charge in [0.25, 0.3) is 5.91 Å². The molecule has 2 amide bonds. The van der Waals surface area contributed by atoms with Gasteiger partial charge in [-0.2, -0.15) is 0 Å². The standard InChI is InChI=1S/C13H14N4O3S/c14-9-3-1-8(2-4-9)12(19)16-6-11(18)15-5-10-7-21-13(20)17-10/h1-4,7H,5-6,14H2,(H,15,18)(H,16,19)(H,17,20). The normalized spacial score (nSPS) is 10.1. The van der Waals surface area contributed by atoms with Gasteiger partial charge >= 0.3 is 4.87 Å². The molecule has 2 rings (SSSR count). The smallest absolute Gasteiger partial charge is 0.304 e. The van der Waals surface area contributed by atoms with E-state index in [1.807, 2.05) is 0 Å². The number of rotatable bonds is 5. The average Bonchev–Trinajstić information content (AvgIpc) is 2.89. The molecule has 8 heteroatoms. The largest absolute Gasteiger partial charge is 0.399 e. The summed E-state index contributed by atoms with van der Waals surface area (Å²) >= 11 is 1.03. The highest BCUT2D eigenvalue weighted by molar-refractivity contribution is 7.07. The number of hydrogen-bond donors (Lipinski definition) is 4. The van der Waals surface area contributed by atoms with E-state index >= 15 is 0 Å². The second-order valence-electron chi connectivity index (χ2n) is 4.25. The highest BCUT2D eigenvalue weighted by Crippen LogP contribution is 2.04. The second kappa shape index (κ2) is 6.71. The van der Waals surface area contributed by atoms with Crippen LogP contribution in [-0.2, 0) is 11.3 Å². The number of amides is 2. The van der Waals surface area contributed by atoms with E-state index < -0.39 is 0 Å². The van der Waals surface area contributed by atoms with Crippen molar-refractivity contribution in [2.75, 3.05) is 12.3 Å². The Morgan fingerprint density at radius 1 is 1.19 bits per heavy atom.